The molecule has 0 aliphatic rings. The Hall–Kier alpha value is 2.49. The molecule has 0 spiro atoms. The van der Waals surface area contributed by atoms with Crippen molar-refractivity contribution in [1.82, 2.24) is 0 Å². The third-order valence-corrected chi connectivity index (χ3v) is 0. The molecule has 0 saturated carbocycles. The summed E-state index contributed by atoms with van der Waals surface area (Å²) in [5.41, 5.74) is 0. The van der Waals surface area contributed by atoms with Crippen LogP contribution < -0.4 is 0 Å². The summed E-state index contributed by atoms with van der Waals surface area (Å²) in [6.45, 7) is 0. The van der Waals surface area contributed by atoms with E-state index in [2.05, 4.69) is 0 Å². The van der Waals surface area contributed by atoms with Crippen LogP contribution in [0.3, 0.4) is 0 Å². The van der Waals surface area contributed by atoms with E-state index in [4.69, 9.17) is 3.08 Å². The zero-order valence-corrected chi connectivity index (χ0v) is 8.86. The molecule has 1 nitrogen and oxygen atoms in total. The van der Waals surface area contributed by atoms with Crippen LogP contribution in [0.2, 0.25) is 0 Å². The normalized spacial score (nSPS) is 1.00. The number of hydrogen-bond donors (Lipinski definition) is 0. The molecule has 22 valence electrons. The molecule has 0 N–H and O–H groups in total. The van der Waals surface area contributed by atoms with Gasteiger partial charge in [-0.2, -0.15) is 0 Å². The van der Waals surface area contributed by atoms with Crippen molar-refractivity contribution in [2.24, 2.45) is 0 Å². The average molecular weight is 331 g/mol. The third-order valence-electron chi connectivity index (χ3n) is 0. The van der Waals surface area contributed by atoms with Crippen LogP contribution in [-0.4, -0.2) is 22.5 Å². The van der Waals surface area contributed by atoms with E-state index in [0.29, 0.717) is 22.5 Å². The predicted octanol–water partition coefficient (Wildman–Crippen LogP) is -0.502. The van der Waals surface area contributed by atoms with Crippen LogP contribution in [0.4, 0.5) is 0 Å². The second-order valence-electron chi connectivity index (χ2n) is 0. The molecule has 0 aromatic carbocycles. The fraction of sp³-hybridized carbons (Fsp3) is 0. The molecular weight excluding hydrogens is 331 g/mol. The van der Waals surface area contributed by atoms with E-state index in [0.717, 1.165) is 0 Å². The molecule has 0 aliphatic heterocycles. The van der Waals surface area contributed by atoms with E-state index in [9.17, 15) is 0 Å². The molecule has 0 atom stereocenters. The Morgan fingerprint density at radius 3 is 1.25 bits per heavy atom. The summed E-state index contributed by atoms with van der Waals surface area (Å²) in [6.07, 6.45) is 0. The van der Waals surface area contributed by atoms with Gasteiger partial charge in [-0.1, -0.05) is 0 Å². The zero-order valence-electron chi connectivity index (χ0n) is 1.76. The number of hydrogen-bond acceptors (Lipinski definition) is 1. The molecule has 0 saturated heterocycles. The van der Waals surface area contributed by atoms with Gasteiger partial charge in [0.25, 0.3) is 0 Å². The zero-order chi connectivity index (χ0) is 2.00. The first-order chi connectivity index (χ1) is 1.00. The second kappa shape index (κ2) is 17.8. The van der Waals surface area contributed by atoms with Crippen LogP contribution in [0.25, 0.3) is 0 Å². The van der Waals surface area contributed by atoms with Crippen molar-refractivity contribution in [2.45, 2.75) is 0 Å². The summed E-state index contributed by atoms with van der Waals surface area (Å²) in [6, 6.07) is 0. The fourth-order valence-electron chi connectivity index (χ4n) is 0. The summed E-state index contributed by atoms with van der Waals surface area (Å²) in [7, 11) is 0. The van der Waals surface area contributed by atoms with Crippen molar-refractivity contribution in [1.29, 1.82) is 0 Å². The van der Waals surface area contributed by atoms with Gasteiger partial charge in [0.05, 0.1) is 0 Å². The van der Waals surface area contributed by atoms with Crippen molar-refractivity contribution in [3.63, 3.8) is 0 Å². The van der Waals surface area contributed by atoms with E-state index in [-0.39, 0.29) is 58.8 Å². The van der Waals surface area contributed by atoms with Gasteiger partial charge in [-0.05, 0) is 0 Å². The summed E-state index contributed by atoms with van der Waals surface area (Å²) >= 11 is 0.300. The van der Waals surface area contributed by atoms with E-state index in [1.165, 1.54) is 0 Å². The van der Waals surface area contributed by atoms with E-state index in [1.807, 2.05) is 0 Å². The molecule has 0 bridgehead atoms. The Morgan fingerprint density at radius 2 is 1.25 bits per heavy atom. The molecule has 0 aromatic rings. The molecule has 4 heteroatoms. The maximum atomic E-state index is 8.34. The standard InChI is InChI=1S/Ce.Fe.O.Sn. The molecule has 0 heterocycles. The van der Waals surface area contributed by atoms with Crippen molar-refractivity contribution in [2.75, 3.05) is 0 Å². The molecule has 2 radical (unpaired) electrons. The molecule has 0 fully saturated rings. The topological polar surface area (TPSA) is 17.1 Å². The second-order valence-corrected chi connectivity index (χ2v) is 0. The van der Waals surface area contributed by atoms with Gasteiger partial charge in [0, 0.05) is 58.8 Å². The summed E-state index contributed by atoms with van der Waals surface area (Å²) < 4.78 is 8.34. The van der Waals surface area contributed by atoms with Gasteiger partial charge in [0.2, 0.25) is 0 Å². The van der Waals surface area contributed by atoms with Crippen LogP contribution >= 0.6 is 0 Å². The SMILES string of the molecule is [Ce].[Fe].[O]=[Sn]. The van der Waals surface area contributed by atoms with Crippen molar-refractivity contribution >= 4 is 22.5 Å². The molecule has 0 unspecified atom stereocenters. The van der Waals surface area contributed by atoms with Gasteiger partial charge in [0.15, 0.2) is 0 Å². The molecular formula is CeFeOSn. The minimum atomic E-state index is 0. The van der Waals surface area contributed by atoms with Gasteiger partial charge in [-0.3, -0.25) is 0 Å². The van der Waals surface area contributed by atoms with Crippen molar-refractivity contribution in [3.05, 3.63) is 0 Å². The Balaban J connectivity index is -0.00000000500. The van der Waals surface area contributed by atoms with Gasteiger partial charge in [-0.15, -0.1) is 0 Å². The Kier molecular flexibility index (Phi) is 71.6. The van der Waals surface area contributed by atoms with Gasteiger partial charge >= 0.3 is 25.6 Å². The quantitative estimate of drug-likeness (QED) is 0.547. The van der Waals surface area contributed by atoms with Crippen LogP contribution in [0.1, 0.15) is 0 Å². The van der Waals surface area contributed by atoms with Crippen LogP contribution in [0.5, 0.6) is 0 Å². The van der Waals surface area contributed by atoms with Crippen LogP contribution in [-0.2, 0) is 20.1 Å². The Morgan fingerprint density at radius 1 is 1.25 bits per heavy atom. The van der Waals surface area contributed by atoms with E-state index < -0.39 is 0 Å². The fourth-order valence-corrected chi connectivity index (χ4v) is 0. The third kappa shape index (κ3) is 8.82. The van der Waals surface area contributed by atoms with Gasteiger partial charge < -0.3 is 0 Å². The molecule has 0 amide bonds. The monoisotopic (exact) mass is 332 g/mol. The summed E-state index contributed by atoms with van der Waals surface area (Å²) in [5, 5.41) is 0. The predicted molar refractivity (Wildman–Crippen MR) is 6.44 cm³/mol. The Bertz CT molecular complexity index is 8.00. The van der Waals surface area contributed by atoms with Crippen LogP contribution in [0.15, 0.2) is 0 Å². The molecule has 4 heavy (non-hydrogen) atoms. The van der Waals surface area contributed by atoms with Gasteiger partial charge in [-0.25, -0.2) is 0 Å². The molecule has 0 aliphatic carbocycles. The molecule has 0 aromatic heterocycles. The first-order valence-corrected chi connectivity index (χ1v) is 1.37. The Labute approximate surface area is 82.6 Å². The molecule has 0 rings (SSSR count). The van der Waals surface area contributed by atoms with Crippen molar-refractivity contribution < 1.29 is 61.9 Å². The maximum absolute atomic E-state index is 8.34. The average Bonchev–Trinajstić information content (AvgIpc) is 1.00. The van der Waals surface area contributed by atoms with Gasteiger partial charge in [0.1, 0.15) is 0 Å². The number of rotatable bonds is 0. The first kappa shape index (κ1) is 16.1. The van der Waals surface area contributed by atoms with Crippen molar-refractivity contribution in [3.8, 4) is 0 Å². The summed E-state index contributed by atoms with van der Waals surface area (Å²) in [4.78, 5) is 0. The first-order valence-electron chi connectivity index (χ1n) is 0.204. The minimum absolute atomic E-state index is 0. The van der Waals surface area contributed by atoms with Crippen LogP contribution in [0, 0.1) is 41.7 Å². The van der Waals surface area contributed by atoms with E-state index in [1.54, 1.807) is 0 Å². The van der Waals surface area contributed by atoms with E-state index >= 15 is 0 Å². The summed E-state index contributed by atoms with van der Waals surface area (Å²) in [5.74, 6) is 0.